The van der Waals surface area contributed by atoms with Crippen LogP contribution in [0.3, 0.4) is 0 Å². The Balaban J connectivity index is 2.03. The molecule has 1 aromatic carbocycles. The van der Waals surface area contributed by atoms with Crippen molar-refractivity contribution in [2.24, 2.45) is 0 Å². The molecule has 28 heavy (non-hydrogen) atoms. The first-order chi connectivity index (χ1) is 13.2. The summed E-state index contributed by atoms with van der Waals surface area (Å²) in [7, 11) is 0. The molecule has 0 aliphatic carbocycles. The van der Waals surface area contributed by atoms with Gasteiger partial charge in [0.1, 0.15) is 27.8 Å². The van der Waals surface area contributed by atoms with E-state index in [9.17, 15) is 22.8 Å². The number of ketones is 1. The lowest BCUT2D eigenvalue weighted by atomic mass is 10.1. The Morgan fingerprint density at radius 3 is 2.68 bits per heavy atom. The average Bonchev–Trinajstić information content (AvgIpc) is 3.22. The zero-order valence-electron chi connectivity index (χ0n) is 14.3. The number of rotatable bonds is 3. The van der Waals surface area contributed by atoms with E-state index in [0.717, 1.165) is 23.5 Å². The number of furan rings is 1. The molecule has 5 nitrogen and oxygen atoms in total. The van der Waals surface area contributed by atoms with Gasteiger partial charge >= 0.3 is 6.18 Å². The SMILES string of the molecule is CC(=O)/C(C#N)=c1\[nH]c(=O)/c(=C/c2ccc(-c3cccc(C(F)(F)F)c3)o2)s1. The van der Waals surface area contributed by atoms with Gasteiger partial charge < -0.3 is 9.40 Å². The number of nitriles is 1. The van der Waals surface area contributed by atoms with Crippen molar-refractivity contribution in [2.75, 3.05) is 0 Å². The van der Waals surface area contributed by atoms with Gasteiger partial charge in [0.05, 0.1) is 10.1 Å². The molecule has 9 heteroatoms. The van der Waals surface area contributed by atoms with Gasteiger partial charge in [0, 0.05) is 11.6 Å². The van der Waals surface area contributed by atoms with Crippen molar-refractivity contribution in [1.29, 1.82) is 5.26 Å². The summed E-state index contributed by atoms with van der Waals surface area (Å²) in [6.07, 6.45) is -3.08. The maximum absolute atomic E-state index is 12.9. The summed E-state index contributed by atoms with van der Waals surface area (Å²) in [6.45, 7) is 1.22. The van der Waals surface area contributed by atoms with Crippen LogP contribution in [0.25, 0.3) is 23.0 Å². The topological polar surface area (TPSA) is 86.9 Å². The zero-order chi connectivity index (χ0) is 20.5. The van der Waals surface area contributed by atoms with Crippen LogP contribution in [-0.4, -0.2) is 10.8 Å². The van der Waals surface area contributed by atoms with Gasteiger partial charge in [0.25, 0.3) is 5.56 Å². The van der Waals surface area contributed by atoms with E-state index >= 15 is 0 Å². The number of benzene rings is 1. The predicted octanol–water partition coefficient (Wildman–Crippen LogP) is 2.81. The molecule has 1 N–H and O–H groups in total. The van der Waals surface area contributed by atoms with E-state index in [1.807, 2.05) is 0 Å². The Hall–Kier alpha value is -3.38. The molecule has 0 saturated heterocycles. The number of aromatic nitrogens is 1. The maximum Gasteiger partial charge on any atom is 0.416 e. The third-order valence-electron chi connectivity index (χ3n) is 3.73. The molecule has 0 radical (unpaired) electrons. The second-order valence-electron chi connectivity index (χ2n) is 5.72. The average molecular weight is 404 g/mol. The van der Waals surface area contributed by atoms with Crippen molar-refractivity contribution in [3.05, 3.63) is 67.3 Å². The number of hydrogen-bond acceptors (Lipinski definition) is 5. The molecule has 0 saturated carbocycles. The number of aromatic amines is 1. The summed E-state index contributed by atoms with van der Waals surface area (Å²) >= 11 is 0.913. The highest BCUT2D eigenvalue weighted by Gasteiger charge is 2.30. The molecule has 3 rings (SSSR count). The second-order valence-corrected chi connectivity index (χ2v) is 6.77. The lowest BCUT2D eigenvalue weighted by molar-refractivity contribution is -0.137. The molecule has 0 bridgehead atoms. The Bertz CT molecular complexity index is 1270. The van der Waals surface area contributed by atoms with Gasteiger partial charge in [-0.05, 0) is 31.2 Å². The van der Waals surface area contributed by atoms with E-state index in [2.05, 4.69) is 4.98 Å². The van der Waals surface area contributed by atoms with E-state index in [1.54, 1.807) is 6.07 Å². The fraction of sp³-hybridized carbons (Fsp3) is 0.105. The number of H-pyrrole nitrogens is 1. The largest absolute Gasteiger partial charge is 0.457 e. The minimum atomic E-state index is -4.47. The highest BCUT2D eigenvalue weighted by molar-refractivity contribution is 7.07. The van der Waals surface area contributed by atoms with Gasteiger partial charge in [-0.2, -0.15) is 18.4 Å². The molecule has 0 amide bonds. The van der Waals surface area contributed by atoms with E-state index < -0.39 is 23.1 Å². The van der Waals surface area contributed by atoms with Crippen LogP contribution in [0.5, 0.6) is 0 Å². The number of thiazole rings is 1. The highest BCUT2D eigenvalue weighted by atomic mass is 32.1. The van der Waals surface area contributed by atoms with Crippen LogP contribution in [-0.2, 0) is 11.0 Å². The lowest BCUT2D eigenvalue weighted by Gasteiger charge is -2.07. The van der Waals surface area contributed by atoms with Crippen LogP contribution >= 0.6 is 11.3 Å². The van der Waals surface area contributed by atoms with Crippen molar-refractivity contribution in [3.63, 3.8) is 0 Å². The van der Waals surface area contributed by atoms with Crippen LogP contribution in [0.2, 0.25) is 0 Å². The quantitative estimate of drug-likeness (QED) is 0.727. The van der Waals surface area contributed by atoms with Gasteiger partial charge in [-0.15, -0.1) is 11.3 Å². The number of Topliss-reactive ketones (excluding diaryl/α,β-unsaturated/α-hetero) is 1. The third-order valence-corrected chi connectivity index (χ3v) is 4.76. The second kappa shape index (κ2) is 7.32. The van der Waals surface area contributed by atoms with E-state index in [0.29, 0.717) is 0 Å². The van der Waals surface area contributed by atoms with Gasteiger partial charge in [-0.3, -0.25) is 9.59 Å². The van der Waals surface area contributed by atoms with Crippen molar-refractivity contribution >= 4 is 28.8 Å². The molecule has 2 heterocycles. The van der Waals surface area contributed by atoms with Crippen LogP contribution in [0.15, 0.2) is 45.6 Å². The smallest absolute Gasteiger partial charge is 0.416 e. The zero-order valence-corrected chi connectivity index (χ0v) is 15.1. The first-order valence-corrected chi connectivity index (χ1v) is 8.64. The van der Waals surface area contributed by atoms with Crippen LogP contribution in [0.1, 0.15) is 18.2 Å². The lowest BCUT2D eigenvalue weighted by Crippen LogP contribution is -2.20. The van der Waals surface area contributed by atoms with E-state index in [-0.39, 0.29) is 31.9 Å². The van der Waals surface area contributed by atoms with E-state index in [4.69, 9.17) is 9.68 Å². The fourth-order valence-electron chi connectivity index (χ4n) is 2.41. The number of halogens is 3. The van der Waals surface area contributed by atoms with E-state index in [1.165, 1.54) is 37.3 Å². The number of nitrogens with zero attached hydrogens (tertiary/aromatic N) is 1. The Labute approximate surface area is 159 Å². The summed E-state index contributed by atoms with van der Waals surface area (Å²) in [6, 6.07) is 9.44. The summed E-state index contributed by atoms with van der Waals surface area (Å²) in [5, 5.41) is 9.02. The minimum Gasteiger partial charge on any atom is -0.457 e. The van der Waals surface area contributed by atoms with Crippen LogP contribution in [0.4, 0.5) is 13.2 Å². The molecule has 3 aromatic rings. The Morgan fingerprint density at radius 1 is 1.29 bits per heavy atom. The Kier molecular flexibility index (Phi) is 5.07. The summed E-state index contributed by atoms with van der Waals surface area (Å²) < 4.78 is 44.4. The monoisotopic (exact) mass is 404 g/mol. The molecule has 142 valence electrons. The summed E-state index contributed by atoms with van der Waals surface area (Å²) in [5.41, 5.74) is -1.22. The number of alkyl halides is 3. The van der Waals surface area contributed by atoms with Crippen molar-refractivity contribution in [3.8, 4) is 17.4 Å². The number of nitrogens with one attached hydrogen (secondary N) is 1. The van der Waals surface area contributed by atoms with Crippen LogP contribution in [0, 0.1) is 11.3 Å². The molecule has 0 atom stereocenters. The first-order valence-electron chi connectivity index (χ1n) is 7.82. The molecule has 2 aromatic heterocycles. The normalized spacial score (nSPS) is 13.3. The summed E-state index contributed by atoms with van der Waals surface area (Å²) in [5.74, 6) is -0.0254. The highest BCUT2D eigenvalue weighted by Crippen LogP contribution is 2.32. The number of carbonyl (C=O) groups excluding carboxylic acids is 1. The summed E-state index contributed by atoms with van der Waals surface area (Å²) in [4.78, 5) is 25.9. The Morgan fingerprint density at radius 2 is 2.04 bits per heavy atom. The molecule has 0 unspecified atom stereocenters. The third kappa shape index (κ3) is 3.97. The van der Waals surface area contributed by atoms with Gasteiger partial charge in [0.2, 0.25) is 0 Å². The van der Waals surface area contributed by atoms with Crippen molar-refractivity contribution < 1.29 is 22.4 Å². The standard InChI is InChI=1S/C19H11F3N2O3S/c1-10(25)14(9-23)18-24-17(26)16(28-18)8-13-5-6-15(27-13)11-3-2-4-12(7-11)19(20,21)22/h2-8H,1H3,(H,24,26)/b16-8-,18-14+. The van der Waals surface area contributed by atoms with Crippen molar-refractivity contribution in [2.45, 2.75) is 13.1 Å². The van der Waals surface area contributed by atoms with Gasteiger partial charge in [0.15, 0.2) is 5.78 Å². The molecular formula is C19H11F3N2O3S. The van der Waals surface area contributed by atoms with Crippen molar-refractivity contribution in [1.82, 2.24) is 4.98 Å². The maximum atomic E-state index is 12.9. The number of hydrogen-bond donors (Lipinski definition) is 1. The molecule has 0 aliphatic heterocycles. The first kappa shape index (κ1) is 19.4. The molecule has 0 spiro atoms. The molecule has 0 fully saturated rings. The fourth-order valence-corrected chi connectivity index (χ4v) is 3.38. The number of carbonyl (C=O) groups is 1. The minimum absolute atomic E-state index is 0.135. The van der Waals surface area contributed by atoms with Crippen LogP contribution < -0.4 is 14.8 Å². The van der Waals surface area contributed by atoms with Gasteiger partial charge in [-0.1, -0.05) is 12.1 Å². The van der Waals surface area contributed by atoms with Gasteiger partial charge in [-0.25, -0.2) is 0 Å². The predicted molar refractivity (Wildman–Crippen MR) is 96.6 cm³/mol. The molecule has 0 aliphatic rings. The molecular weight excluding hydrogens is 393 g/mol.